The molecule has 2 nitrogen and oxygen atoms in total. The Morgan fingerprint density at radius 2 is 1.48 bits per heavy atom. The molecule has 0 aliphatic carbocycles. The molecule has 0 aromatic heterocycles. The van der Waals surface area contributed by atoms with Crippen LogP contribution >= 0.6 is 0 Å². The number of unbranched alkanes of at least 4 members (excludes halogenated alkanes) is 3. The average Bonchev–Trinajstić information content (AvgIpc) is 2.56. The van der Waals surface area contributed by atoms with E-state index in [1.165, 1.54) is 30.4 Å². The third kappa shape index (κ3) is 8.04. The number of hydrogen-bond acceptors (Lipinski definition) is 2. The first-order chi connectivity index (χ1) is 11.9. The molecule has 2 aromatic carbocycles. The lowest BCUT2D eigenvalue weighted by molar-refractivity contribution is 0.0680. The first kappa shape index (κ1) is 19.3. The Kier molecular flexibility index (Phi) is 7.27. The molecule has 0 aliphatic rings. The maximum absolute atomic E-state index is 9.71. The van der Waals surface area contributed by atoms with Crippen molar-refractivity contribution in [1.29, 1.82) is 0 Å². The quantitative estimate of drug-likeness (QED) is 0.446. The summed E-state index contributed by atoms with van der Waals surface area (Å²) in [5.74, 6) is 0.292. The van der Waals surface area contributed by atoms with Crippen molar-refractivity contribution >= 4 is 12.2 Å². The van der Waals surface area contributed by atoms with Gasteiger partial charge in [0.15, 0.2) is 0 Å². The smallest absolute Gasteiger partial charge is 0.116 e. The maximum atomic E-state index is 9.71. The van der Waals surface area contributed by atoms with Crippen LogP contribution < -0.4 is 0 Å². The Morgan fingerprint density at radius 3 is 2.16 bits per heavy atom. The molecule has 0 atom stereocenters. The highest BCUT2D eigenvalue weighted by molar-refractivity contribution is 5.70. The number of rotatable bonds is 9. The molecule has 0 bridgehead atoms. The Hall–Kier alpha value is -2.06. The molecule has 0 saturated carbocycles. The summed E-state index contributed by atoms with van der Waals surface area (Å²) in [5, 5.41) is 19.2. The van der Waals surface area contributed by atoms with Crippen LogP contribution in [0.4, 0.5) is 0 Å². The minimum Gasteiger partial charge on any atom is -0.508 e. The van der Waals surface area contributed by atoms with E-state index in [0.29, 0.717) is 5.75 Å². The van der Waals surface area contributed by atoms with Crippen molar-refractivity contribution in [3.63, 3.8) is 0 Å². The van der Waals surface area contributed by atoms with E-state index >= 15 is 0 Å². The van der Waals surface area contributed by atoms with Crippen LogP contribution in [0, 0.1) is 0 Å². The van der Waals surface area contributed by atoms with Crippen molar-refractivity contribution in [2.24, 2.45) is 0 Å². The number of benzene rings is 2. The summed E-state index contributed by atoms with van der Waals surface area (Å²) in [4.78, 5) is 0. The van der Waals surface area contributed by atoms with Gasteiger partial charge in [-0.1, -0.05) is 67.8 Å². The predicted molar refractivity (Wildman–Crippen MR) is 107 cm³/mol. The topological polar surface area (TPSA) is 40.5 Å². The van der Waals surface area contributed by atoms with Gasteiger partial charge in [0, 0.05) is 0 Å². The normalized spacial score (nSPS) is 12.0. The molecule has 0 saturated heterocycles. The van der Waals surface area contributed by atoms with Gasteiger partial charge in [-0.05, 0) is 61.9 Å². The molecule has 0 unspecified atom stereocenters. The van der Waals surface area contributed by atoms with Crippen molar-refractivity contribution < 1.29 is 10.2 Å². The minimum absolute atomic E-state index is 0.292. The Bertz CT molecular complexity index is 680. The van der Waals surface area contributed by atoms with Gasteiger partial charge < -0.3 is 10.2 Å². The second-order valence-corrected chi connectivity index (χ2v) is 7.40. The van der Waals surface area contributed by atoms with Gasteiger partial charge in [0.05, 0.1) is 5.60 Å². The summed E-state index contributed by atoms with van der Waals surface area (Å²) >= 11 is 0. The van der Waals surface area contributed by atoms with Crippen molar-refractivity contribution in [1.82, 2.24) is 0 Å². The van der Waals surface area contributed by atoms with Gasteiger partial charge in [-0.3, -0.25) is 0 Å². The van der Waals surface area contributed by atoms with E-state index in [9.17, 15) is 10.2 Å². The van der Waals surface area contributed by atoms with E-state index in [4.69, 9.17) is 0 Å². The Balaban J connectivity index is 1.79. The Labute approximate surface area is 151 Å². The summed E-state index contributed by atoms with van der Waals surface area (Å²) < 4.78 is 0. The lowest BCUT2D eigenvalue weighted by Crippen LogP contribution is -2.17. The molecule has 25 heavy (non-hydrogen) atoms. The van der Waals surface area contributed by atoms with Gasteiger partial charge >= 0.3 is 0 Å². The van der Waals surface area contributed by atoms with E-state index in [1.54, 1.807) is 12.1 Å². The molecule has 0 fully saturated rings. The number of hydrogen-bond donors (Lipinski definition) is 2. The summed E-state index contributed by atoms with van der Waals surface area (Å²) in [7, 11) is 0. The summed E-state index contributed by atoms with van der Waals surface area (Å²) in [5.41, 5.74) is 3.01. The molecule has 134 valence electrons. The Morgan fingerprint density at radius 1 is 0.840 bits per heavy atom. The van der Waals surface area contributed by atoms with E-state index in [2.05, 4.69) is 30.3 Å². The molecule has 0 spiro atoms. The van der Waals surface area contributed by atoms with Crippen LogP contribution in [-0.2, 0) is 6.42 Å². The number of aliphatic hydroxyl groups is 1. The van der Waals surface area contributed by atoms with Crippen LogP contribution in [0.2, 0.25) is 0 Å². The van der Waals surface area contributed by atoms with Crippen molar-refractivity contribution in [2.45, 2.75) is 58.0 Å². The van der Waals surface area contributed by atoms with Gasteiger partial charge in [-0.15, -0.1) is 0 Å². The van der Waals surface area contributed by atoms with Crippen molar-refractivity contribution in [2.75, 3.05) is 0 Å². The third-order valence-electron chi connectivity index (χ3n) is 4.29. The van der Waals surface area contributed by atoms with Gasteiger partial charge in [0.1, 0.15) is 5.75 Å². The summed E-state index contributed by atoms with van der Waals surface area (Å²) in [6.07, 6.45) is 10.7. The van der Waals surface area contributed by atoms with Crippen molar-refractivity contribution in [3.05, 3.63) is 65.2 Å². The van der Waals surface area contributed by atoms with E-state index in [1.807, 2.05) is 32.1 Å². The lowest BCUT2D eigenvalue weighted by Gasteiger charge is -2.16. The maximum Gasteiger partial charge on any atom is 0.116 e. The first-order valence-electron chi connectivity index (χ1n) is 9.21. The SMILES string of the molecule is CC(C)(O)CCCCCCc1cccc(C=Cc2cccc(O)c2)c1. The van der Waals surface area contributed by atoms with Crippen LogP contribution in [0.15, 0.2) is 48.5 Å². The van der Waals surface area contributed by atoms with Crippen LogP contribution in [0.25, 0.3) is 12.2 Å². The fourth-order valence-corrected chi connectivity index (χ4v) is 2.91. The average molecular weight is 338 g/mol. The fourth-order valence-electron chi connectivity index (χ4n) is 2.91. The monoisotopic (exact) mass is 338 g/mol. The first-order valence-corrected chi connectivity index (χ1v) is 9.21. The number of phenolic OH excluding ortho intramolecular Hbond substituents is 1. The molecular weight excluding hydrogens is 308 g/mol. The number of aromatic hydroxyl groups is 1. The van der Waals surface area contributed by atoms with Gasteiger partial charge in [0.25, 0.3) is 0 Å². The zero-order chi connectivity index (χ0) is 18.1. The lowest BCUT2D eigenvalue weighted by atomic mass is 9.99. The second kappa shape index (κ2) is 9.43. The zero-order valence-electron chi connectivity index (χ0n) is 15.4. The molecule has 2 rings (SSSR count). The van der Waals surface area contributed by atoms with Gasteiger partial charge in [-0.2, -0.15) is 0 Å². The third-order valence-corrected chi connectivity index (χ3v) is 4.29. The number of phenols is 1. The molecule has 0 amide bonds. The molecule has 2 N–H and O–H groups in total. The van der Waals surface area contributed by atoms with Crippen LogP contribution in [-0.4, -0.2) is 15.8 Å². The van der Waals surface area contributed by atoms with E-state index in [-0.39, 0.29) is 0 Å². The number of aryl methyl sites for hydroxylation is 1. The molecule has 2 heteroatoms. The van der Waals surface area contributed by atoms with E-state index < -0.39 is 5.60 Å². The molecule has 2 aromatic rings. The minimum atomic E-state index is -0.532. The highest BCUT2D eigenvalue weighted by Crippen LogP contribution is 2.17. The second-order valence-electron chi connectivity index (χ2n) is 7.40. The molecule has 0 heterocycles. The summed E-state index contributed by atoms with van der Waals surface area (Å²) in [6.45, 7) is 3.76. The molecular formula is C23H30O2. The standard InChI is InChI=1S/C23H30O2/c1-23(2,25)16-6-4-3-5-9-19-10-7-11-20(17-19)14-15-21-12-8-13-22(24)18-21/h7-8,10-15,17-18,24-25H,3-6,9,16H2,1-2H3. The highest BCUT2D eigenvalue weighted by Gasteiger charge is 2.10. The van der Waals surface area contributed by atoms with E-state index in [0.717, 1.165) is 24.8 Å². The highest BCUT2D eigenvalue weighted by atomic mass is 16.3. The largest absolute Gasteiger partial charge is 0.508 e. The van der Waals surface area contributed by atoms with Crippen molar-refractivity contribution in [3.8, 4) is 5.75 Å². The molecule has 0 radical (unpaired) electrons. The summed E-state index contributed by atoms with van der Waals surface area (Å²) in [6, 6.07) is 15.9. The predicted octanol–water partition coefficient (Wildman–Crippen LogP) is 5.83. The van der Waals surface area contributed by atoms with Gasteiger partial charge in [0.2, 0.25) is 0 Å². The van der Waals surface area contributed by atoms with Crippen LogP contribution in [0.1, 0.15) is 62.6 Å². The zero-order valence-corrected chi connectivity index (χ0v) is 15.4. The van der Waals surface area contributed by atoms with Crippen LogP contribution in [0.3, 0.4) is 0 Å². The fraction of sp³-hybridized carbons (Fsp3) is 0.391. The molecule has 0 aliphatic heterocycles. The van der Waals surface area contributed by atoms with Crippen LogP contribution in [0.5, 0.6) is 5.75 Å². The van der Waals surface area contributed by atoms with Gasteiger partial charge in [-0.25, -0.2) is 0 Å².